The van der Waals surface area contributed by atoms with Gasteiger partial charge in [0, 0.05) is 11.8 Å². The van der Waals surface area contributed by atoms with E-state index in [0.717, 1.165) is 0 Å². The Kier molecular flexibility index (Phi) is 5.38. The number of carbonyl (C=O) groups is 1. The summed E-state index contributed by atoms with van der Waals surface area (Å²) in [5, 5.41) is 13.2. The van der Waals surface area contributed by atoms with Gasteiger partial charge in [-0.25, -0.2) is 8.78 Å². The molecule has 26 heavy (non-hydrogen) atoms. The number of carbonyl (C=O) groups excluding carboxylic acids is 1. The molecule has 0 fully saturated rings. The molecule has 0 radical (unpaired) electrons. The van der Waals surface area contributed by atoms with E-state index in [-0.39, 0.29) is 23.2 Å². The summed E-state index contributed by atoms with van der Waals surface area (Å²) >= 11 is 5.85. The maximum atomic E-state index is 13.4. The van der Waals surface area contributed by atoms with E-state index in [1.807, 2.05) is 0 Å². The molecule has 5 nitrogen and oxygen atoms in total. The van der Waals surface area contributed by atoms with E-state index >= 15 is 0 Å². The number of anilines is 3. The van der Waals surface area contributed by atoms with Gasteiger partial charge in [-0.3, -0.25) is 4.79 Å². The van der Waals surface area contributed by atoms with Crippen molar-refractivity contribution in [3.63, 3.8) is 0 Å². The van der Waals surface area contributed by atoms with Crippen molar-refractivity contribution in [2.24, 2.45) is 0 Å². The first kappa shape index (κ1) is 17.8. The number of rotatable bonds is 5. The van der Waals surface area contributed by atoms with Crippen LogP contribution in [-0.4, -0.2) is 16.1 Å². The van der Waals surface area contributed by atoms with E-state index in [4.69, 9.17) is 11.6 Å². The molecule has 8 heteroatoms. The molecule has 0 spiro atoms. The summed E-state index contributed by atoms with van der Waals surface area (Å²) in [6, 6.07) is 11.6. The van der Waals surface area contributed by atoms with Gasteiger partial charge < -0.3 is 10.6 Å². The van der Waals surface area contributed by atoms with Gasteiger partial charge in [0.1, 0.15) is 11.6 Å². The summed E-state index contributed by atoms with van der Waals surface area (Å²) in [7, 11) is 0. The zero-order chi connectivity index (χ0) is 18.5. The Labute approximate surface area is 153 Å². The number of amides is 1. The van der Waals surface area contributed by atoms with E-state index < -0.39 is 5.82 Å². The summed E-state index contributed by atoms with van der Waals surface area (Å²) in [6.07, 6.45) is 1.29. The predicted molar refractivity (Wildman–Crippen MR) is 95.5 cm³/mol. The minimum absolute atomic E-state index is 0.0748. The van der Waals surface area contributed by atoms with Crippen LogP contribution in [0.25, 0.3) is 0 Å². The minimum Gasteiger partial charge on any atom is -0.339 e. The van der Waals surface area contributed by atoms with Crippen LogP contribution in [0.15, 0.2) is 54.7 Å². The van der Waals surface area contributed by atoms with E-state index in [9.17, 15) is 13.6 Å². The molecule has 1 amide bonds. The Morgan fingerprint density at radius 3 is 2.62 bits per heavy atom. The summed E-state index contributed by atoms with van der Waals surface area (Å²) < 4.78 is 26.4. The van der Waals surface area contributed by atoms with Gasteiger partial charge in [-0.15, -0.1) is 5.10 Å². The highest BCUT2D eigenvalue weighted by Crippen LogP contribution is 2.21. The van der Waals surface area contributed by atoms with Crippen LogP contribution in [0.5, 0.6) is 0 Å². The molecule has 0 aliphatic heterocycles. The second-order valence-electron chi connectivity index (χ2n) is 5.40. The summed E-state index contributed by atoms with van der Waals surface area (Å²) in [6.45, 7) is 0. The molecule has 0 saturated carbocycles. The van der Waals surface area contributed by atoms with Crippen molar-refractivity contribution < 1.29 is 13.6 Å². The zero-order valence-corrected chi connectivity index (χ0v) is 14.1. The predicted octanol–water partition coefficient (Wildman–Crippen LogP) is 4.33. The lowest BCUT2D eigenvalue weighted by atomic mass is 10.1. The molecule has 0 aliphatic carbocycles. The van der Waals surface area contributed by atoms with Gasteiger partial charge in [0.2, 0.25) is 5.91 Å². The van der Waals surface area contributed by atoms with Gasteiger partial charge in [0.15, 0.2) is 5.82 Å². The Balaban J connectivity index is 1.67. The Hall–Kier alpha value is -3.06. The number of hydrogen-bond donors (Lipinski definition) is 2. The molecule has 132 valence electrons. The Morgan fingerprint density at radius 2 is 1.85 bits per heavy atom. The lowest BCUT2D eigenvalue weighted by Crippen LogP contribution is -2.15. The third-order valence-corrected chi connectivity index (χ3v) is 3.86. The van der Waals surface area contributed by atoms with E-state index in [0.29, 0.717) is 22.8 Å². The normalized spacial score (nSPS) is 10.4. The van der Waals surface area contributed by atoms with E-state index in [1.165, 1.54) is 30.5 Å². The van der Waals surface area contributed by atoms with Crippen molar-refractivity contribution in [3.05, 3.63) is 76.9 Å². The zero-order valence-electron chi connectivity index (χ0n) is 13.3. The quantitative estimate of drug-likeness (QED) is 0.697. The number of aromatic nitrogens is 2. The summed E-state index contributed by atoms with van der Waals surface area (Å²) in [4.78, 5) is 12.2. The Morgan fingerprint density at radius 1 is 1.08 bits per heavy atom. The smallest absolute Gasteiger partial charge is 0.228 e. The van der Waals surface area contributed by atoms with Crippen molar-refractivity contribution in [2.75, 3.05) is 10.6 Å². The molecular weight excluding hydrogens is 362 g/mol. The number of halogens is 3. The van der Waals surface area contributed by atoms with Gasteiger partial charge in [-0.2, -0.15) is 5.10 Å². The van der Waals surface area contributed by atoms with Gasteiger partial charge in [-0.1, -0.05) is 23.7 Å². The molecule has 0 saturated heterocycles. The van der Waals surface area contributed by atoms with Crippen molar-refractivity contribution in [3.8, 4) is 0 Å². The number of nitrogens with one attached hydrogen (secondary N) is 2. The SMILES string of the molecule is O=C(Cc1cccc(F)c1Cl)Nc1cnnc(Nc2ccc(F)cc2)c1. The molecule has 2 N–H and O–H groups in total. The molecule has 3 aromatic rings. The first-order valence-electron chi connectivity index (χ1n) is 7.59. The van der Waals surface area contributed by atoms with E-state index in [2.05, 4.69) is 20.8 Å². The van der Waals surface area contributed by atoms with Crippen LogP contribution in [0.2, 0.25) is 5.02 Å². The molecule has 0 bridgehead atoms. The molecule has 1 aromatic heterocycles. The average molecular weight is 375 g/mol. The summed E-state index contributed by atoms with van der Waals surface area (Å²) in [5.41, 5.74) is 1.41. The topological polar surface area (TPSA) is 66.9 Å². The number of benzene rings is 2. The van der Waals surface area contributed by atoms with Crippen molar-refractivity contribution in [1.82, 2.24) is 10.2 Å². The highest BCUT2D eigenvalue weighted by atomic mass is 35.5. The van der Waals surface area contributed by atoms with Crippen molar-refractivity contribution in [2.45, 2.75) is 6.42 Å². The van der Waals surface area contributed by atoms with Gasteiger partial charge in [0.05, 0.1) is 23.3 Å². The lowest BCUT2D eigenvalue weighted by Gasteiger charge is -2.09. The molecule has 0 aliphatic rings. The van der Waals surface area contributed by atoms with Gasteiger partial charge >= 0.3 is 0 Å². The monoisotopic (exact) mass is 374 g/mol. The average Bonchev–Trinajstić information content (AvgIpc) is 2.61. The Bertz CT molecular complexity index is 935. The van der Waals surface area contributed by atoms with Crippen LogP contribution in [0, 0.1) is 11.6 Å². The van der Waals surface area contributed by atoms with Crippen LogP contribution in [0.4, 0.5) is 26.0 Å². The first-order chi connectivity index (χ1) is 12.5. The fourth-order valence-electron chi connectivity index (χ4n) is 2.24. The van der Waals surface area contributed by atoms with Crippen LogP contribution in [0.3, 0.4) is 0 Å². The fraction of sp³-hybridized carbons (Fsp3) is 0.0556. The van der Waals surface area contributed by atoms with Crippen molar-refractivity contribution >= 4 is 34.7 Å². The van der Waals surface area contributed by atoms with Crippen LogP contribution in [-0.2, 0) is 11.2 Å². The molecule has 0 unspecified atom stereocenters. The minimum atomic E-state index is -0.576. The number of nitrogens with zero attached hydrogens (tertiary/aromatic N) is 2. The van der Waals surface area contributed by atoms with Crippen molar-refractivity contribution in [1.29, 1.82) is 0 Å². The van der Waals surface area contributed by atoms with Gasteiger partial charge in [0.25, 0.3) is 0 Å². The molecule has 0 atom stereocenters. The molecule has 2 aromatic carbocycles. The molecular formula is C18H13ClF2N4O. The lowest BCUT2D eigenvalue weighted by molar-refractivity contribution is -0.115. The third kappa shape index (κ3) is 4.52. The summed E-state index contributed by atoms with van der Waals surface area (Å²) in [5.74, 6) is -0.927. The third-order valence-electron chi connectivity index (χ3n) is 3.44. The highest BCUT2D eigenvalue weighted by molar-refractivity contribution is 6.31. The standard InChI is InChI=1S/C18H13ClF2N4O/c19-18-11(2-1-3-15(18)21)8-17(26)24-14-9-16(25-22-10-14)23-13-6-4-12(20)5-7-13/h1-7,9-10H,8H2,(H2,23,24,25,26). The van der Waals surface area contributed by atoms with Gasteiger partial charge in [-0.05, 0) is 35.9 Å². The van der Waals surface area contributed by atoms with Crippen LogP contribution < -0.4 is 10.6 Å². The second-order valence-corrected chi connectivity index (χ2v) is 5.78. The maximum absolute atomic E-state index is 13.4. The number of hydrogen-bond acceptors (Lipinski definition) is 4. The molecule has 1 heterocycles. The first-order valence-corrected chi connectivity index (χ1v) is 7.97. The van der Waals surface area contributed by atoms with Crippen LogP contribution >= 0.6 is 11.6 Å². The second kappa shape index (κ2) is 7.88. The largest absolute Gasteiger partial charge is 0.339 e. The maximum Gasteiger partial charge on any atom is 0.228 e. The fourth-order valence-corrected chi connectivity index (χ4v) is 2.43. The molecule has 3 rings (SSSR count). The van der Waals surface area contributed by atoms with Crippen LogP contribution in [0.1, 0.15) is 5.56 Å². The highest BCUT2D eigenvalue weighted by Gasteiger charge is 2.11. The van der Waals surface area contributed by atoms with E-state index in [1.54, 1.807) is 24.3 Å².